The summed E-state index contributed by atoms with van der Waals surface area (Å²) in [6, 6.07) is -0.737. The molecule has 3 rings (SSSR count). The highest BCUT2D eigenvalue weighted by atomic mass is 35.5. The average Bonchev–Trinajstić information content (AvgIpc) is 2.55. The number of halogens is 4. The molecule has 0 spiro atoms. The molecule has 140 valence electrons. The first-order valence-corrected chi connectivity index (χ1v) is 8.51. The third-order valence-corrected chi connectivity index (χ3v) is 4.98. The zero-order valence-corrected chi connectivity index (χ0v) is 14.1. The van der Waals surface area contributed by atoms with Crippen molar-refractivity contribution in [3.05, 3.63) is 21.6 Å². The fourth-order valence-electron chi connectivity index (χ4n) is 3.44. The predicted octanol–water partition coefficient (Wildman–Crippen LogP) is 1.83. The highest BCUT2D eigenvalue weighted by molar-refractivity contribution is 6.29. The standard InChI is InChI=1S/C15H19ClF3N3O3/c16-12-7-13(24)21-4-1-11(15(17,18)19)22(14(21)20-12)8-10(23)9-2-5-25-6-3-9/h7,9-11,23H,1-6,8H2/t10?,11-/m0/s1. The molecule has 25 heavy (non-hydrogen) atoms. The Morgan fingerprint density at radius 1 is 1.36 bits per heavy atom. The number of fused-ring (bicyclic) bond motifs is 1. The maximum atomic E-state index is 13.5. The number of anilines is 1. The van der Waals surface area contributed by atoms with Gasteiger partial charge in [0.05, 0.1) is 6.10 Å². The van der Waals surface area contributed by atoms with Crippen LogP contribution in [-0.2, 0) is 11.3 Å². The SMILES string of the molecule is O=c1cc(Cl)nc2n1CC[C@@H](C(F)(F)F)N2CC(O)C1CCOCC1. The molecule has 1 fully saturated rings. The molecule has 1 unspecified atom stereocenters. The van der Waals surface area contributed by atoms with Crippen molar-refractivity contribution < 1.29 is 23.0 Å². The predicted molar refractivity (Wildman–Crippen MR) is 84.9 cm³/mol. The highest BCUT2D eigenvalue weighted by Gasteiger charge is 2.47. The van der Waals surface area contributed by atoms with E-state index in [-0.39, 0.29) is 36.5 Å². The van der Waals surface area contributed by atoms with Gasteiger partial charge in [-0.1, -0.05) is 11.6 Å². The van der Waals surface area contributed by atoms with Gasteiger partial charge in [-0.3, -0.25) is 9.36 Å². The van der Waals surface area contributed by atoms with E-state index in [1.807, 2.05) is 0 Å². The molecule has 10 heteroatoms. The molecular weight excluding hydrogens is 363 g/mol. The molecule has 0 radical (unpaired) electrons. The molecule has 0 aromatic carbocycles. The van der Waals surface area contributed by atoms with Crippen LogP contribution in [0.4, 0.5) is 19.1 Å². The van der Waals surface area contributed by atoms with Gasteiger partial charge in [0.25, 0.3) is 5.56 Å². The molecule has 2 atom stereocenters. The third kappa shape index (κ3) is 3.93. The van der Waals surface area contributed by atoms with Gasteiger partial charge in [0.1, 0.15) is 11.2 Å². The van der Waals surface area contributed by atoms with E-state index in [0.29, 0.717) is 26.1 Å². The largest absolute Gasteiger partial charge is 0.408 e. The van der Waals surface area contributed by atoms with Crippen molar-refractivity contribution in [1.82, 2.24) is 9.55 Å². The van der Waals surface area contributed by atoms with Crippen molar-refractivity contribution in [2.45, 2.75) is 44.1 Å². The Bertz CT molecular complexity index is 676. The van der Waals surface area contributed by atoms with Gasteiger partial charge in [0.2, 0.25) is 5.95 Å². The molecule has 0 saturated carbocycles. The lowest BCUT2D eigenvalue weighted by atomic mass is 9.93. The first-order valence-electron chi connectivity index (χ1n) is 8.14. The van der Waals surface area contributed by atoms with Crippen molar-refractivity contribution in [2.75, 3.05) is 24.7 Å². The average molecular weight is 382 g/mol. The molecule has 0 amide bonds. The van der Waals surface area contributed by atoms with Crippen LogP contribution in [0.15, 0.2) is 10.9 Å². The van der Waals surface area contributed by atoms with E-state index in [1.165, 1.54) is 4.57 Å². The number of ether oxygens (including phenoxy) is 1. The lowest BCUT2D eigenvalue weighted by Gasteiger charge is -2.41. The quantitative estimate of drug-likeness (QED) is 0.809. The summed E-state index contributed by atoms with van der Waals surface area (Å²) in [5, 5.41) is 10.3. The van der Waals surface area contributed by atoms with E-state index >= 15 is 0 Å². The van der Waals surface area contributed by atoms with Gasteiger partial charge in [-0.25, -0.2) is 4.98 Å². The fraction of sp³-hybridized carbons (Fsp3) is 0.733. The summed E-state index contributed by atoms with van der Waals surface area (Å²) < 4.78 is 46.9. The van der Waals surface area contributed by atoms with Gasteiger partial charge in [0.15, 0.2) is 0 Å². The fourth-order valence-corrected chi connectivity index (χ4v) is 3.61. The van der Waals surface area contributed by atoms with Gasteiger partial charge in [-0.15, -0.1) is 0 Å². The number of aromatic nitrogens is 2. The minimum absolute atomic E-state index is 0.0909. The molecule has 1 saturated heterocycles. The van der Waals surface area contributed by atoms with Gasteiger partial charge >= 0.3 is 6.18 Å². The molecule has 2 aliphatic heterocycles. The summed E-state index contributed by atoms with van der Waals surface area (Å²) in [4.78, 5) is 16.9. The second-order valence-electron chi connectivity index (χ2n) is 6.38. The van der Waals surface area contributed by atoms with Crippen LogP contribution >= 0.6 is 11.6 Å². The van der Waals surface area contributed by atoms with Crippen LogP contribution < -0.4 is 10.5 Å². The van der Waals surface area contributed by atoms with Crippen molar-refractivity contribution in [3.63, 3.8) is 0 Å². The summed E-state index contributed by atoms with van der Waals surface area (Å²) in [6.07, 6.45) is -4.58. The number of rotatable bonds is 3. The van der Waals surface area contributed by atoms with Crippen LogP contribution in [0.2, 0.25) is 5.15 Å². The topological polar surface area (TPSA) is 67.6 Å². The summed E-state index contributed by atoms with van der Waals surface area (Å²) >= 11 is 5.78. The Hall–Kier alpha value is -1.32. The summed E-state index contributed by atoms with van der Waals surface area (Å²) in [6.45, 7) is 0.600. The van der Waals surface area contributed by atoms with Gasteiger partial charge in [-0.05, 0) is 25.2 Å². The second-order valence-corrected chi connectivity index (χ2v) is 6.77. The molecule has 0 bridgehead atoms. The Morgan fingerprint density at radius 3 is 2.68 bits per heavy atom. The van der Waals surface area contributed by atoms with Gasteiger partial charge in [-0.2, -0.15) is 13.2 Å². The molecule has 1 N–H and O–H groups in total. The van der Waals surface area contributed by atoms with Crippen LogP contribution in [-0.4, -0.2) is 52.7 Å². The summed E-state index contributed by atoms with van der Waals surface area (Å²) in [5.74, 6) is -0.291. The minimum Gasteiger partial charge on any atom is -0.391 e. The Labute approximate surface area is 147 Å². The Kier molecular flexibility index (Phi) is 5.26. The smallest absolute Gasteiger partial charge is 0.391 e. The van der Waals surface area contributed by atoms with E-state index < -0.39 is 23.9 Å². The van der Waals surface area contributed by atoms with Crippen LogP contribution in [0.3, 0.4) is 0 Å². The van der Waals surface area contributed by atoms with E-state index in [0.717, 1.165) is 11.0 Å². The molecule has 6 nitrogen and oxygen atoms in total. The third-order valence-electron chi connectivity index (χ3n) is 4.79. The lowest BCUT2D eigenvalue weighted by molar-refractivity contribution is -0.153. The second kappa shape index (κ2) is 7.13. The molecule has 2 aliphatic rings. The van der Waals surface area contributed by atoms with Crippen molar-refractivity contribution in [2.24, 2.45) is 5.92 Å². The van der Waals surface area contributed by atoms with Gasteiger partial charge < -0.3 is 14.7 Å². The van der Waals surface area contributed by atoms with E-state index in [9.17, 15) is 23.1 Å². The first-order chi connectivity index (χ1) is 11.8. The number of alkyl halides is 3. The van der Waals surface area contributed by atoms with Crippen molar-refractivity contribution in [3.8, 4) is 0 Å². The maximum absolute atomic E-state index is 13.5. The van der Waals surface area contributed by atoms with Gasteiger partial charge in [0, 0.05) is 32.4 Å². The lowest BCUT2D eigenvalue weighted by Crippen LogP contribution is -2.55. The van der Waals surface area contributed by atoms with Crippen LogP contribution in [0, 0.1) is 5.92 Å². The maximum Gasteiger partial charge on any atom is 0.408 e. The monoisotopic (exact) mass is 381 g/mol. The molecule has 3 heterocycles. The van der Waals surface area contributed by atoms with Crippen LogP contribution in [0.25, 0.3) is 0 Å². The van der Waals surface area contributed by atoms with E-state index in [4.69, 9.17) is 16.3 Å². The Morgan fingerprint density at radius 2 is 2.04 bits per heavy atom. The molecule has 1 aromatic heterocycles. The normalized spacial score (nSPS) is 23.4. The van der Waals surface area contributed by atoms with Crippen LogP contribution in [0.1, 0.15) is 19.3 Å². The number of aliphatic hydroxyl groups is 1. The minimum atomic E-state index is -4.50. The number of nitrogens with zero attached hydrogens (tertiary/aromatic N) is 3. The Balaban J connectivity index is 1.92. The van der Waals surface area contributed by atoms with E-state index in [2.05, 4.69) is 4.98 Å². The molecule has 1 aromatic rings. The van der Waals surface area contributed by atoms with Crippen molar-refractivity contribution >= 4 is 17.5 Å². The number of hydrogen-bond acceptors (Lipinski definition) is 5. The number of β-amino-alcohol motifs (C(OH)–C–C–N with tert-alkyl or cyclic N) is 1. The summed E-state index contributed by atoms with van der Waals surface area (Å²) in [5.41, 5.74) is -0.499. The van der Waals surface area contributed by atoms with E-state index in [1.54, 1.807) is 0 Å². The summed E-state index contributed by atoms with van der Waals surface area (Å²) in [7, 11) is 0. The van der Waals surface area contributed by atoms with Crippen LogP contribution in [0.5, 0.6) is 0 Å². The molecular formula is C15H19ClF3N3O3. The number of hydrogen-bond donors (Lipinski definition) is 1. The zero-order valence-electron chi connectivity index (χ0n) is 13.4. The first kappa shape index (κ1) is 18.5. The zero-order chi connectivity index (χ0) is 18.2. The molecule has 0 aliphatic carbocycles. The highest BCUT2D eigenvalue weighted by Crippen LogP contribution is 2.34. The van der Waals surface area contributed by atoms with Crippen molar-refractivity contribution in [1.29, 1.82) is 0 Å². The number of aliphatic hydroxyl groups excluding tert-OH is 1.